The highest BCUT2D eigenvalue weighted by Crippen LogP contribution is 2.19. The number of benzene rings is 2. The number of hydrogen-bond donors (Lipinski definition) is 1. The van der Waals surface area contributed by atoms with Crippen molar-refractivity contribution in [2.24, 2.45) is 0 Å². The number of nitrogens with one attached hydrogen (secondary N) is 1. The van der Waals surface area contributed by atoms with Gasteiger partial charge in [0, 0.05) is 12.1 Å². The molecule has 1 amide bonds. The number of carbonyl (C=O) groups is 1. The first kappa shape index (κ1) is 16.5. The van der Waals surface area contributed by atoms with Crippen molar-refractivity contribution in [2.75, 3.05) is 0 Å². The first-order valence-corrected chi connectivity index (χ1v) is 7.23. The van der Waals surface area contributed by atoms with Crippen LogP contribution in [0.25, 0.3) is 0 Å². The van der Waals surface area contributed by atoms with Crippen molar-refractivity contribution in [3.63, 3.8) is 0 Å². The number of carbonyl (C=O) groups excluding carboxylic acids is 1. The number of halogens is 1. The topological polar surface area (TPSA) is 62.1 Å². The third kappa shape index (κ3) is 4.55. The summed E-state index contributed by atoms with van der Waals surface area (Å²) in [6, 6.07) is 13.0. The molecule has 0 aliphatic rings. The van der Waals surface area contributed by atoms with Gasteiger partial charge in [-0.15, -0.1) is 0 Å². The molecule has 0 radical (unpaired) electrons. The van der Waals surface area contributed by atoms with Crippen LogP contribution < -0.4 is 10.1 Å². The van der Waals surface area contributed by atoms with Crippen LogP contribution in [0.2, 0.25) is 0 Å². The number of amides is 1. The summed E-state index contributed by atoms with van der Waals surface area (Å²) in [6.07, 6.45) is -0.109. The molecule has 0 saturated heterocycles. The van der Waals surface area contributed by atoms with Gasteiger partial charge in [-0.25, -0.2) is 4.39 Å². The molecule has 0 aliphatic carbocycles. The Morgan fingerprint density at radius 3 is 2.74 bits per heavy atom. The molecule has 2 rings (SSSR count). The van der Waals surface area contributed by atoms with Crippen molar-refractivity contribution in [1.29, 1.82) is 5.26 Å². The summed E-state index contributed by atoms with van der Waals surface area (Å²) in [5, 5.41) is 11.5. The van der Waals surface area contributed by atoms with E-state index >= 15 is 0 Å². The van der Waals surface area contributed by atoms with Crippen LogP contribution in [0.1, 0.15) is 35.3 Å². The van der Waals surface area contributed by atoms with E-state index in [1.54, 1.807) is 30.3 Å². The Bertz CT molecular complexity index is 751. The van der Waals surface area contributed by atoms with E-state index in [0.717, 1.165) is 0 Å². The Labute approximate surface area is 134 Å². The molecule has 0 heterocycles. The predicted octanol–water partition coefficient (Wildman–Crippen LogP) is 3.41. The lowest BCUT2D eigenvalue weighted by molar-refractivity contribution is 0.0951. The lowest BCUT2D eigenvalue weighted by atomic mass is 10.1. The maximum atomic E-state index is 13.9. The first-order chi connectivity index (χ1) is 11.0. The van der Waals surface area contributed by atoms with E-state index < -0.39 is 5.82 Å². The summed E-state index contributed by atoms with van der Waals surface area (Å²) in [6.45, 7) is 3.83. The smallest absolute Gasteiger partial charge is 0.251 e. The largest absolute Gasteiger partial charge is 0.488 e. The number of nitriles is 1. The zero-order valence-electron chi connectivity index (χ0n) is 13.0. The zero-order valence-corrected chi connectivity index (χ0v) is 13.0. The highest BCUT2D eigenvalue weighted by molar-refractivity contribution is 5.94. The predicted molar refractivity (Wildman–Crippen MR) is 84.5 cm³/mol. The molecule has 118 valence electrons. The Hall–Kier alpha value is -2.87. The number of ether oxygens (including phenoxy) is 1. The third-order valence-electron chi connectivity index (χ3n) is 3.07. The molecule has 0 spiro atoms. The van der Waals surface area contributed by atoms with Crippen molar-refractivity contribution in [3.05, 3.63) is 65.0 Å². The van der Waals surface area contributed by atoms with Crippen molar-refractivity contribution in [3.8, 4) is 11.8 Å². The van der Waals surface area contributed by atoms with Gasteiger partial charge < -0.3 is 10.1 Å². The summed E-state index contributed by atoms with van der Waals surface area (Å²) in [5.74, 6) is -0.585. The second-order valence-corrected chi connectivity index (χ2v) is 5.31. The Morgan fingerprint density at radius 2 is 2.09 bits per heavy atom. The molecule has 1 N–H and O–H groups in total. The highest BCUT2D eigenvalue weighted by Gasteiger charge is 2.09. The van der Waals surface area contributed by atoms with Crippen molar-refractivity contribution in [1.82, 2.24) is 5.32 Å². The van der Waals surface area contributed by atoms with Gasteiger partial charge in [-0.2, -0.15) is 5.26 Å². The van der Waals surface area contributed by atoms with Crippen molar-refractivity contribution >= 4 is 5.91 Å². The van der Waals surface area contributed by atoms with Crippen LogP contribution in [0, 0.1) is 17.1 Å². The van der Waals surface area contributed by atoms with Gasteiger partial charge in [-0.05, 0) is 49.7 Å². The fraction of sp³-hybridized carbons (Fsp3) is 0.222. The molecule has 23 heavy (non-hydrogen) atoms. The van der Waals surface area contributed by atoms with Crippen LogP contribution in [0.5, 0.6) is 5.75 Å². The zero-order chi connectivity index (χ0) is 16.8. The van der Waals surface area contributed by atoms with Crippen LogP contribution in [-0.4, -0.2) is 12.0 Å². The van der Waals surface area contributed by atoms with Gasteiger partial charge >= 0.3 is 0 Å². The van der Waals surface area contributed by atoms with Crippen LogP contribution >= 0.6 is 0 Å². The van der Waals surface area contributed by atoms with Crippen LogP contribution in [0.15, 0.2) is 42.5 Å². The van der Waals surface area contributed by atoms with E-state index in [0.29, 0.717) is 16.7 Å². The van der Waals surface area contributed by atoms with E-state index in [1.165, 1.54) is 12.1 Å². The monoisotopic (exact) mass is 312 g/mol. The molecule has 5 heteroatoms. The standard InChI is InChI=1S/C18H17FN2O2/c1-12(2)23-17-7-6-14(9-16(17)19)11-21-18(22)15-5-3-4-13(8-15)10-20/h3-9,12H,11H2,1-2H3,(H,21,22). The van der Waals surface area contributed by atoms with Gasteiger partial charge in [0.15, 0.2) is 11.6 Å². The molecular weight excluding hydrogens is 295 g/mol. The van der Waals surface area contributed by atoms with Gasteiger partial charge in [0.1, 0.15) is 0 Å². The van der Waals surface area contributed by atoms with E-state index in [-0.39, 0.29) is 24.3 Å². The average Bonchev–Trinajstić information content (AvgIpc) is 2.54. The van der Waals surface area contributed by atoms with E-state index in [9.17, 15) is 9.18 Å². The molecule has 2 aromatic rings. The third-order valence-corrected chi connectivity index (χ3v) is 3.07. The highest BCUT2D eigenvalue weighted by atomic mass is 19.1. The van der Waals surface area contributed by atoms with Gasteiger partial charge in [-0.1, -0.05) is 12.1 Å². The molecule has 0 aliphatic heterocycles. The summed E-state index contributed by atoms with van der Waals surface area (Å²) in [4.78, 5) is 12.0. The molecular formula is C18H17FN2O2. The quantitative estimate of drug-likeness (QED) is 0.920. The molecule has 0 aromatic heterocycles. The van der Waals surface area contributed by atoms with E-state index in [1.807, 2.05) is 19.9 Å². The summed E-state index contributed by atoms with van der Waals surface area (Å²) < 4.78 is 19.2. The molecule has 0 bridgehead atoms. The number of hydrogen-bond acceptors (Lipinski definition) is 3. The van der Waals surface area contributed by atoms with Gasteiger partial charge in [-0.3, -0.25) is 4.79 Å². The number of rotatable bonds is 5. The van der Waals surface area contributed by atoms with Crippen LogP contribution in [0.3, 0.4) is 0 Å². The van der Waals surface area contributed by atoms with Crippen molar-refractivity contribution in [2.45, 2.75) is 26.5 Å². The maximum absolute atomic E-state index is 13.9. The van der Waals surface area contributed by atoms with Crippen molar-refractivity contribution < 1.29 is 13.9 Å². The van der Waals surface area contributed by atoms with Gasteiger partial charge in [0.2, 0.25) is 0 Å². The molecule has 4 nitrogen and oxygen atoms in total. The molecule has 2 aromatic carbocycles. The first-order valence-electron chi connectivity index (χ1n) is 7.23. The second-order valence-electron chi connectivity index (χ2n) is 5.31. The fourth-order valence-electron chi connectivity index (χ4n) is 2.02. The molecule has 0 unspecified atom stereocenters. The van der Waals surface area contributed by atoms with E-state index in [2.05, 4.69) is 5.32 Å². The summed E-state index contributed by atoms with van der Waals surface area (Å²) in [7, 11) is 0. The Kier molecular flexibility index (Phi) is 5.32. The Balaban J connectivity index is 2.01. The summed E-state index contributed by atoms with van der Waals surface area (Å²) in [5.41, 5.74) is 1.44. The lowest BCUT2D eigenvalue weighted by Crippen LogP contribution is -2.22. The number of nitrogens with zero attached hydrogens (tertiary/aromatic N) is 1. The maximum Gasteiger partial charge on any atom is 0.251 e. The summed E-state index contributed by atoms with van der Waals surface area (Å²) >= 11 is 0. The minimum Gasteiger partial charge on any atom is -0.488 e. The lowest BCUT2D eigenvalue weighted by Gasteiger charge is -2.12. The normalized spacial score (nSPS) is 10.2. The average molecular weight is 312 g/mol. The SMILES string of the molecule is CC(C)Oc1ccc(CNC(=O)c2cccc(C#N)c2)cc1F. The molecule has 0 atom stereocenters. The minimum absolute atomic E-state index is 0.109. The van der Waals surface area contributed by atoms with Gasteiger partial charge in [0.25, 0.3) is 5.91 Å². The molecule has 0 saturated carbocycles. The van der Waals surface area contributed by atoms with Gasteiger partial charge in [0.05, 0.1) is 17.7 Å². The fourth-order valence-corrected chi connectivity index (χ4v) is 2.02. The minimum atomic E-state index is -0.461. The van der Waals surface area contributed by atoms with E-state index in [4.69, 9.17) is 10.00 Å². The Morgan fingerprint density at radius 1 is 1.30 bits per heavy atom. The van der Waals surface area contributed by atoms with Crippen LogP contribution in [-0.2, 0) is 6.54 Å². The second kappa shape index (κ2) is 7.41. The van der Waals surface area contributed by atoms with Crippen LogP contribution in [0.4, 0.5) is 4.39 Å². The molecule has 0 fully saturated rings.